The van der Waals surface area contributed by atoms with Crippen LogP contribution in [0, 0.1) is 6.92 Å². The van der Waals surface area contributed by atoms with Crippen molar-refractivity contribution in [3.8, 4) is 28.1 Å². The Morgan fingerprint density at radius 1 is 0.828 bits per heavy atom. The summed E-state index contributed by atoms with van der Waals surface area (Å²) in [4.78, 5) is 13.5. The third kappa shape index (κ3) is 4.58. The molecule has 4 rings (SSSR count). The molecule has 0 atom stereocenters. The summed E-state index contributed by atoms with van der Waals surface area (Å²) < 4.78 is 5.24. The fourth-order valence-corrected chi connectivity index (χ4v) is 3.12. The maximum Gasteiger partial charge on any atom is 0.130 e. The third-order valence-corrected chi connectivity index (χ3v) is 4.61. The summed E-state index contributed by atoms with van der Waals surface area (Å²) in [6.07, 6.45) is 3.68. The van der Waals surface area contributed by atoms with Crippen molar-refractivity contribution >= 4 is 5.82 Å². The van der Waals surface area contributed by atoms with E-state index in [1.807, 2.05) is 67.8 Å². The Morgan fingerprint density at radius 3 is 2.34 bits per heavy atom. The largest absolute Gasteiger partial charge is 0.497 e. The van der Waals surface area contributed by atoms with Gasteiger partial charge in [0.1, 0.15) is 17.4 Å². The molecule has 4 aromatic rings. The lowest BCUT2D eigenvalue weighted by Gasteiger charge is -2.10. The number of ether oxygens (including phenoxy) is 1. The quantitative estimate of drug-likeness (QED) is 0.501. The predicted molar refractivity (Wildman–Crippen MR) is 116 cm³/mol. The topological polar surface area (TPSA) is 59.9 Å². The van der Waals surface area contributed by atoms with Gasteiger partial charge in [0.2, 0.25) is 0 Å². The number of anilines is 1. The predicted octanol–water partition coefficient (Wildman–Crippen LogP) is 5.13. The number of aryl methyl sites for hydroxylation is 1. The van der Waals surface area contributed by atoms with Crippen LogP contribution in [0.25, 0.3) is 22.4 Å². The van der Waals surface area contributed by atoms with E-state index in [9.17, 15) is 0 Å². The molecule has 0 unspecified atom stereocenters. The normalized spacial score (nSPS) is 10.6. The van der Waals surface area contributed by atoms with Gasteiger partial charge in [-0.15, -0.1) is 0 Å². The first-order chi connectivity index (χ1) is 14.2. The fraction of sp³-hybridized carbons (Fsp3) is 0.125. The summed E-state index contributed by atoms with van der Waals surface area (Å²) >= 11 is 0. The number of pyridine rings is 1. The zero-order valence-electron chi connectivity index (χ0n) is 16.5. The van der Waals surface area contributed by atoms with Crippen molar-refractivity contribution in [2.24, 2.45) is 0 Å². The van der Waals surface area contributed by atoms with Gasteiger partial charge >= 0.3 is 0 Å². The summed E-state index contributed by atoms with van der Waals surface area (Å²) in [5.74, 6) is 2.34. The van der Waals surface area contributed by atoms with Crippen LogP contribution in [0.3, 0.4) is 0 Å². The molecule has 0 saturated carbocycles. The van der Waals surface area contributed by atoms with Gasteiger partial charge in [-0.1, -0.05) is 42.5 Å². The van der Waals surface area contributed by atoms with Crippen LogP contribution in [0.5, 0.6) is 5.75 Å². The number of hydrogen-bond acceptors (Lipinski definition) is 5. The van der Waals surface area contributed by atoms with Crippen molar-refractivity contribution in [2.75, 3.05) is 12.4 Å². The molecular weight excluding hydrogens is 360 g/mol. The van der Waals surface area contributed by atoms with Crippen LogP contribution in [-0.2, 0) is 6.54 Å². The number of rotatable bonds is 6. The van der Waals surface area contributed by atoms with E-state index in [1.54, 1.807) is 7.11 Å². The van der Waals surface area contributed by atoms with E-state index in [0.717, 1.165) is 34.0 Å². The molecule has 2 heterocycles. The molecule has 0 radical (unpaired) electrons. The smallest absolute Gasteiger partial charge is 0.130 e. The summed E-state index contributed by atoms with van der Waals surface area (Å²) in [5.41, 5.74) is 5.10. The molecule has 2 aromatic heterocycles. The molecule has 0 fully saturated rings. The Balaban J connectivity index is 1.60. The third-order valence-electron chi connectivity index (χ3n) is 4.61. The molecular formula is C24H22N4O. The van der Waals surface area contributed by atoms with Gasteiger partial charge in [-0.2, -0.15) is 0 Å². The zero-order valence-corrected chi connectivity index (χ0v) is 16.5. The van der Waals surface area contributed by atoms with Crippen LogP contribution < -0.4 is 10.1 Å². The summed E-state index contributed by atoms with van der Waals surface area (Å²) in [6, 6.07) is 22.3. The number of methoxy groups -OCH3 is 1. The van der Waals surface area contributed by atoms with Gasteiger partial charge in [-0.05, 0) is 36.2 Å². The van der Waals surface area contributed by atoms with Crippen LogP contribution in [-0.4, -0.2) is 22.1 Å². The number of aromatic nitrogens is 3. The van der Waals surface area contributed by atoms with Gasteiger partial charge in [0.05, 0.1) is 12.8 Å². The Kier molecular flexibility index (Phi) is 5.47. The Labute approximate surface area is 170 Å². The second-order valence-electron chi connectivity index (χ2n) is 6.72. The first-order valence-corrected chi connectivity index (χ1v) is 9.44. The standard InChI is InChI=1S/C24H22N4O/c1-17-27-23(13-24(28-17)26-14-18-6-4-3-5-7-18)21-12-20(15-25-16-21)19-8-10-22(29-2)11-9-19/h3-13,15-16H,14H2,1-2H3,(H,26,27,28). The molecule has 0 saturated heterocycles. The number of nitrogens with one attached hydrogen (secondary N) is 1. The molecule has 0 aliphatic heterocycles. The van der Waals surface area contributed by atoms with Gasteiger partial charge in [0.25, 0.3) is 0 Å². The summed E-state index contributed by atoms with van der Waals surface area (Å²) in [5, 5.41) is 3.39. The lowest BCUT2D eigenvalue weighted by atomic mass is 10.0. The van der Waals surface area contributed by atoms with Gasteiger partial charge in [-0.3, -0.25) is 4.98 Å². The molecule has 0 aliphatic rings. The van der Waals surface area contributed by atoms with Crippen LogP contribution in [0.2, 0.25) is 0 Å². The van der Waals surface area contributed by atoms with Crippen molar-refractivity contribution in [3.63, 3.8) is 0 Å². The zero-order chi connectivity index (χ0) is 20.1. The Morgan fingerprint density at radius 2 is 1.59 bits per heavy atom. The highest BCUT2D eigenvalue weighted by Gasteiger charge is 2.08. The van der Waals surface area contributed by atoms with Gasteiger partial charge in [-0.25, -0.2) is 9.97 Å². The number of nitrogens with zero attached hydrogens (tertiary/aromatic N) is 3. The van der Waals surface area contributed by atoms with Crippen LogP contribution in [0.15, 0.2) is 79.1 Å². The first kappa shape index (κ1) is 18.6. The molecule has 0 amide bonds. The van der Waals surface area contributed by atoms with E-state index in [-0.39, 0.29) is 0 Å². The maximum atomic E-state index is 5.24. The van der Waals surface area contributed by atoms with Crippen LogP contribution in [0.4, 0.5) is 5.82 Å². The molecule has 0 aliphatic carbocycles. The van der Waals surface area contributed by atoms with E-state index in [2.05, 4.69) is 38.5 Å². The molecule has 0 bridgehead atoms. The lowest BCUT2D eigenvalue weighted by molar-refractivity contribution is 0.415. The van der Waals surface area contributed by atoms with Gasteiger partial charge in [0.15, 0.2) is 0 Å². The molecule has 0 spiro atoms. The summed E-state index contributed by atoms with van der Waals surface area (Å²) in [6.45, 7) is 2.61. The van der Waals surface area contributed by atoms with Gasteiger partial charge in [0, 0.05) is 36.1 Å². The second-order valence-corrected chi connectivity index (χ2v) is 6.72. The van der Waals surface area contributed by atoms with Gasteiger partial charge < -0.3 is 10.1 Å². The highest BCUT2D eigenvalue weighted by Crippen LogP contribution is 2.27. The second kappa shape index (κ2) is 8.52. The average molecular weight is 382 g/mol. The maximum absolute atomic E-state index is 5.24. The van der Waals surface area contributed by atoms with E-state index in [0.29, 0.717) is 12.4 Å². The van der Waals surface area contributed by atoms with Crippen molar-refractivity contribution in [3.05, 3.63) is 90.5 Å². The van der Waals surface area contributed by atoms with Crippen molar-refractivity contribution in [2.45, 2.75) is 13.5 Å². The monoisotopic (exact) mass is 382 g/mol. The fourth-order valence-electron chi connectivity index (χ4n) is 3.12. The minimum Gasteiger partial charge on any atom is -0.497 e. The molecule has 1 N–H and O–H groups in total. The minimum absolute atomic E-state index is 0.709. The molecule has 2 aromatic carbocycles. The van der Waals surface area contributed by atoms with E-state index in [1.165, 1.54) is 5.56 Å². The van der Waals surface area contributed by atoms with E-state index < -0.39 is 0 Å². The van der Waals surface area contributed by atoms with E-state index >= 15 is 0 Å². The lowest BCUT2D eigenvalue weighted by Crippen LogP contribution is -2.04. The number of benzene rings is 2. The summed E-state index contributed by atoms with van der Waals surface area (Å²) in [7, 11) is 1.66. The Bertz CT molecular complexity index is 1100. The first-order valence-electron chi connectivity index (χ1n) is 9.44. The van der Waals surface area contributed by atoms with Crippen molar-refractivity contribution in [1.82, 2.24) is 15.0 Å². The minimum atomic E-state index is 0.709. The Hall–Kier alpha value is -3.73. The molecule has 5 nitrogen and oxygen atoms in total. The molecule has 29 heavy (non-hydrogen) atoms. The van der Waals surface area contributed by atoms with Crippen LogP contribution >= 0.6 is 0 Å². The highest BCUT2D eigenvalue weighted by molar-refractivity contribution is 5.71. The average Bonchev–Trinajstić information content (AvgIpc) is 2.78. The van der Waals surface area contributed by atoms with Crippen molar-refractivity contribution < 1.29 is 4.74 Å². The number of hydrogen-bond donors (Lipinski definition) is 1. The SMILES string of the molecule is COc1ccc(-c2cncc(-c3cc(NCc4ccccc4)nc(C)n3)c2)cc1. The van der Waals surface area contributed by atoms with E-state index in [4.69, 9.17) is 4.74 Å². The van der Waals surface area contributed by atoms with Crippen LogP contribution in [0.1, 0.15) is 11.4 Å². The molecule has 5 heteroatoms. The van der Waals surface area contributed by atoms with Crippen molar-refractivity contribution in [1.29, 1.82) is 0 Å². The highest BCUT2D eigenvalue weighted by atomic mass is 16.5. The molecule has 144 valence electrons.